The van der Waals surface area contributed by atoms with Gasteiger partial charge in [-0.3, -0.25) is 0 Å². The second kappa shape index (κ2) is 15.3. The molecule has 0 bridgehead atoms. The minimum absolute atomic E-state index is 0. The van der Waals surface area contributed by atoms with Crippen molar-refractivity contribution in [2.45, 2.75) is 38.5 Å². The first-order chi connectivity index (χ1) is 30.2. The number of aromatic nitrogens is 1. The summed E-state index contributed by atoms with van der Waals surface area (Å²) in [6, 6.07) is 65.5. The van der Waals surface area contributed by atoms with E-state index in [4.69, 9.17) is 4.98 Å². The van der Waals surface area contributed by atoms with Gasteiger partial charge in [-0.25, -0.2) is 4.98 Å². The fourth-order valence-electron chi connectivity index (χ4n) is 10.7. The molecule has 11 rings (SSSR count). The third-order valence-corrected chi connectivity index (χ3v) is 13.7. The summed E-state index contributed by atoms with van der Waals surface area (Å²) in [6.07, 6.45) is 0. The summed E-state index contributed by atoms with van der Waals surface area (Å²) in [6.45, 7) is 8.71. The van der Waals surface area contributed by atoms with Gasteiger partial charge in [0.25, 0.3) is 0 Å². The van der Waals surface area contributed by atoms with Crippen molar-refractivity contribution in [3.05, 3.63) is 233 Å². The molecule has 0 spiro atoms. The average Bonchev–Trinajstić information content (AvgIpc) is 3.73. The van der Waals surface area contributed by atoms with Crippen LogP contribution in [0.5, 0.6) is 11.5 Å². The van der Waals surface area contributed by atoms with E-state index in [1.165, 1.54) is 33.4 Å². The second-order valence-corrected chi connectivity index (χ2v) is 17.4. The van der Waals surface area contributed by atoms with E-state index in [1.807, 2.05) is 30.3 Å². The molecular weight excluding hydrogens is 933 g/mol. The topological polar surface area (TPSA) is 53.4 Å². The second-order valence-electron chi connectivity index (χ2n) is 17.4. The Labute approximate surface area is 388 Å². The van der Waals surface area contributed by atoms with Gasteiger partial charge in [0.15, 0.2) is 0 Å². The number of benzene rings is 8. The molecule has 8 aromatic carbocycles. The monoisotopic (exact) mass is 979 g/mol. The van der Waals surface area contributed by atoms with Gasteiger partial charge in [-0.2, -0.15) is 0 Å². The third-order valence-electron chi connectivity index (χ3n) is 13.7. The van der Waals surface area contributed by atoms with Crippen molar-refractivity contribution < 1.29 is 36.1 Å². The quantitative estimate of drug-likeness (QED) is 0.163. The molecule has 4 heteroatoms. The molecule has 2 aliphatic carbocycles. The van der Waals surface area contributed by atoms with Crippen LogP contribution >= 0.6 is 0 Å². The summed E-state index contributed by atoms with van der Waals surface area (Å²) < 4.78 is 0. The number of phenolic OH excluding ortho intramolecular Hbond substituents is 2. The van der Waals surface area contributed by atoms with E-state index in [-0.39, 0.29) is 31.6 Å². The summed E-state index contributed by atoms with van der Waals surface area (Å²) in [5.74, 6) is 0.576. The van der Waals surface area contributed by atoms with Crippen molar-refractivity contribution >= 4 is 0 Å². The fourth-order valence-corrected chi connectivity index (χ4v) is 10.7. The van der Waals surface area contributed by atoms with Crippen LogP contribution in [0, 0.1) is 13.8 Å². The number of pyridine rings is 1. The van der Waals surface area contributed by atoms with Crippen LogP contribution in [0.15, 0.2) is 188 Å². The van der Waals surface area contributed by atoms with E-state index in [0.717, 1.165) is 78.1 Å². The first-order valence-corrected chi connectivity index (χ1v) is 21.4. The fraction of sp³-hybridized carbons (Fsp3) is 0.102. The number of aryl methyl sites for hydroxylation is 2. The first kappa shape index (κ1) is 40.5. The standard InChI is InChI=1S/C59H45NO2.Hf/c1-36-31-46(38-17-6-5-7-18-38)56(61)52(33-36)59(4)50-26-15-12-22-43(50)44-30-29-39(35-51(44)59)54-27-16-28-55(60-54)45-23-9-8-19-40(45)47-32-37(2)34-53(57(47)62)58(3)48-24-13-10-20-41(48)42-21-11-14-25-49(42)58;/h5-35,61-62H,1-4H3;. The van der Waals surface area contributed by atoms with E-state index in [0.29, 0.717) is 5.75 Å². The van der Waals surface area contributed by atoms with Gasteiger partial charge in [0.2, 0.25) is 0 Å². The minimum Gasteiger partial charge on any atom is -0.507 e. The first-order valence-electron chi connectivity index (χ1n) is 21.4. The number of phenols is 2. The SMILES string of the molecule is Cc1cc(-c2ccccc2)c(O)c(C2(C)c3ccccc3-c3ccc(-c4cccc(-c5ccccc5-c5cc(C)cc(C6(C)c7ccccc7-c7ccccc76)c5O)n4)cc32)c1.[Hf]. The Balaban J connectivity index is 0.00000471. The molecule has 1 aromatic heterocycles. The van der Waals surface area contributed by atoms with Gasteiger partial charge in [-0.15, -0.1) is 0 Å². The van der Waals surface area contributed by atoms with Crippen LogP contribution < -0.4 is 0 Å². The molecule has 2 aliphatic rings. The Kier molecular flexibility index (Phi) is 9.84. The molecule has 0 radical (unpaired) electrons. The summed E-state index contributed by atoms with van der Waals surface area (Å²) in [5.41, 5.74) is 19.3. The molecule has 0 amide bonds. The number of aromatic hydroxyl groups is 2. The molecule has 1 heterocycles. The third kappa shape index (κ3) is 6.13. The van der Waals surface area contributed by atoms with E-state index < -0.39 is 10.8 Å². The van der Waals surface area contributed by atoms with Crippen molar-refractivity contribution in [2.75, 3.05) is 0 Å². The van der Waals surface area contributed by atoms with Gasteiger partial charge in [0.1, 0.15) is 11.5 Å². The normalized spacial score (nSPS) is 15.2. The largest absolute Gasteiger partial charge is 0.507 e. The maximum atomic E-state index is 12.5. The smallest absolute Gasteiger partial charge is 0.127 e. The summed E-state index contributed by atoms with van der Waals surface area (Å²) in [5, 5.41) is 24.7. The van der Waals surface area contributed by atoms with Crippen LogP contribution in [0.25, 0.3) is 67.0 Å². The minimum atomic E-state index is -0.636. The van der Waals surface area contributed by atoms with Crippen molar-refractivity contribution in [2.24, 2.45) is 0 Å². The molecule has 302 valence electrons. The molecule has 9 aromatic rings. The van der Waals surface area contributed by atoms with Gasteiger partial charge in [0.05, 0.1) is 11.4 Å². The molecule has 3 nitrogen and oxygen atoms in total. The number of hydrogen-bond acceptors (Lipinski definition) is 3. The molecule has 0 aliphatic heterocycles. The zero-order chi connectivity index (χ0) is 42.3. The Bertz CT molecular complexity index is 3230. The van der Waals surface area contributed by atoms with E-state index in [1.54, 1.807) is 0 Å². The van der Waals surface area contributed by atoms with Gasteiger partial charge in [-0.05, 0) is 125 Å². The predicted octanol–water partition coefficient (Wildman–Crippen LogP) is 14.4. The van der Waals surface area contributed by atoms with Crippen molar-refractivity contribution in [3.8, 4) is 78.5 Å². The number of fused-ring (bicyclic) bond motifs is 6. The maximum Gasteiger partial charge on any atom is 0.127 e. The van der Waals surface area contributed by atoms with Crippen LogP contribution in [0.3, 0.4) is 0 Å². The van der Waals surface area contributed by atoms with E-state index >= 15 is 0 Å². The van der Waals surface area contributed by atoms with Crippen molar-refractivity contribution in [3.63, 3.8) is 0 Å². The van der Waals surface area contributed by atoms with E-state index in [2.05, 4.69) is 185 Å². The zero-order valence-corrected chi connectivity index (χ0v) is 39.3. The van der Waals surface area contributed by atoms with Gasteiger partial charge in [0, 0.05) is 70.1 Å². The Morgan fingerprint density at radius 2 is 0.778 bits per heavy atom. The molecule has 0 saturated carbocycles. The molecule has 0 fully saturated rings. The van der Waals surface area contributed by atoms with Gasteiger partial charge in [-0.1, -0.05) is 158 Å². The summed E-state index contributed by atoms with van der Waals surface area (Å²) in [4.78, 5) is 5.37. The number of rotatable bonds is 6. The van der Waals surface area contributed by atoms with Crippen LogP contribution in [-0.4, -0.2) is 15.2 Å². The molecule has 0 saturated heterocycles. The molecule has 1 atom stereocenters. The maximum absolute atomic E-state index is 12.5. The zero-order valence-electron chi connectivity index (χ0n) is 35.7. The molecule has 1 unspecified atom stereocenters. The van der Waals surface area contributed by atoms with E-state index in [9.17, 15) is 10.2 Å². The van der Waals surface area contributed by atoms with Crippen LogP contribution in [0.4, 0.5) is 0 Å². The van der Waals surface area contributed by atoms with Crippen LogP contribution in [-0.2, 0) is 36.7 Å². The predicted molar refractivity (Wildman–Crippen MR) is 254 cm³/mol. The van der Waals surface area contributed by atoms with Crippen molar-refractivity contribution in [1.82, 2.24) is 4.98 Å². The number of nitrogens with zero attached hydrogens (tertiary/aromatic N) is 1. The van der Waals surface area contributed by atoms with Crippen molar-refractivity contribution in [1.29, 1.82) is 0 Å². The molecule has 63 heavy (non-hydrogen) atoms. The average molecular weight is 979 g/mol. The Morgan fingerprint density at radius 1 is 0.333 bits per heavy atom. The van der Waals surface area contributed by atoms with Gasteiger partial charge < -0.3 is 10.2 Å². The molecule has 2 N–H and O–H groups in total. The van der Waals surface area contributed by atoms with Crippen LogP contribution in [0.2, 0.25) is 0 Å². The summed E-state index contributed by atoms with van der Waals surface area (Å²) in [7, 11) is 0. The summed E-state index contributed by atoms with van der Waals surface area (Å²) >= 11 is 0. The Morgan fingerprint density at radius 3 is 1.37 bits per heavy atom. The molecular formula is C59H45HfNO2. The number of hydrogen-bond donors (Lipinski definition) is 2. The van der Waals surface area contributed by atoms with Gasteiger partial charge >= 0.3 is 0 Å². The Hall–Kier alpha value is -6.62. The van der Waals surface area contributed by atoms with Crippen LogP contribution in [0.1, 0.15) is 58.4 Å².